The second-order valence-electron chi connectivity index (χ2n) is 5.18. The van der Waals surface area contributed by atoms with Crippen LogP contribution in [0.2, 0.25) is 0 Å². The van der Waals surface area contributed by atoms with Gasteiger partial charge in [-0.25, -0.2) is 8.42 Å². The smallest absolute Gasteiger partial charge is 0.234 e. The monoisotopic (exact) mass is 278 g/mol. The third-order valence-electron chi connectivity index (χ3n) is 3.00. The molecular formula is C11H22N2O4S. The fourth-order valence-electron chi connectivity index (χ4n) is 2.06. The van der Waals surface area contributed by atoms with Gasteiger partial charge in [-0.15, -0.1) is 0 Å². The highest BCUT2D eigenvalue weighted by Gasteiger charge is 2.38. The summed E-state index contributed by atoms with van der Waals surface area (Å²) in [6, 6.07) is -0.0515. The lowest BCUT2D eigenvalue weighted by Gasteiger charge is -2.24. The van der Waals surface area contributed by atoms with Crippen LogP contribution in [0.4, 0.5) is 0 Å². The molecule has 6 nitrogen and oxygen atoms in total. The van der Waals surface area contributed by atoms with Crippen LogP contribution in [0.3, 0.4) is 0 Å². The number of amides is 1. The van der Waals surface area contributed by atoms with Gasteiger partial charge >= 0.3 is 0 Å². The first kappa shape index (κ1) is 15.4. The zero-order chi connectivity index (χ0) is 13.8. The largest absolute Gasteiger partial charge is 0.383 e. The quantitative estimate of drug-likeness (QED) is 0.671. The van der Waals surface area contributed by atoms with Crippen molar-refractivity contribution < 1.29 is 17.9 Å². The Morgan fingerprint density at radius 3 is 2.67 bits per heavy atom. The van der Waals surface area contributed by atoms with Crippen molar-refractivity contribution in [2.45, 2.75) is 31.8 Å². The maximum absolute atomic E-state index is 11.6. The fourth-order valence-corrected chi connectivity index (χ4v) is 4.18. The van der Waals surface area contributed by atoms with Crippen molar-refractivity contribution in [3.8, 4) is 0 Å². The predicted molar refractivity (Wildman–Crippen MR) is 69.2 cm³/mol. The lowest BCUT2D eigenvalue weighted by molar-refractivity contribution is -0.121. The van der Waals surface area contributed by atoms with Crippen LogP contribution in [-0.2, 0) is 19.4 Å². The molecule has 0 aromatic heterocycles. The number of methoxy groups -OCH3 is 1. The number of hydrogen-bond donors (Lipinski definition) is 2. The van der Waals surface area contributed by atoms with Crippen LogP contribution in [0.5, 0.6) is 0 Å². The van der Waals surface area contributed by atoms with Crippen molar-refractivity contribution in [1.29, 1.82) is 0 Å². The number of ether oxygens (including phenoxy) is 1. The van der Waals surface area contributed by atoms with Gasteiger partial charge < -0.3 is 15.4 Å². The van der Waals surface area contributed by atoms with Crippen molar-refractivity contribution >= 4 is 15.7 Å². The number of carbonyl (C=O) groups excluding carboxylic acids is 1. The maximum atomic E-state index is 11.6. The minimum atomic E-state index is -2.95. The standard InChI is InChI=1S/C11H22N2O4S/c1-9(7-17-3)13-10(14)6-12-11(2)4-5-18(15,16)8-11/h9,12H,4-8H2,1-3H3,(H,13,14). The number of rotatable bonds is 6. The Labute approximate surface area is 108 Å². The van der Waals surface area contributed by atoms with Gasteiger partial charge in [0, 0.05) is 18.7 Å². The first-order chi connectivity index (χ1) is 8.26. The van der Waals surface area contributed by atoms with E-state index in [9.17, 15) is 13.2 Å². The molecule has 1 fully saturated rings. The van der Waals surface area contributed by atoms with E-state index in [0.717, 1.165) is 0 Å². The number of nitrogens with one attached hydrogen (secondary N) is 2. The highest BCUT2D eigenvalue weighted by molar-refractivity contribution is 7.91. The van der Waals surface area contributed by atoms with E-state index in [1.807, 2.05) is 13.8 Å². The molecule has 2 N–H and O–H groups in total. The zero-order valence-corrected chi connectivity index (χ0v) is 12.0. The Morgan fingerprint density at radius 2 is 2.17 bits per heavy atom. The summed E-state index contributed by atoms with van der Waals surface area (Å²) in [5.41, 5.74) is -0.485. The van der Waals surface area contributed by atoms with Crippen LogP contribution in [-0.4, -0.2) is 57.7 Å². The van der Waals surface area contributed by atoms with Gasteiger partial charge in [-0.1, -0.05) is 0 Å². The molecule has 0 aliphatic carbocycles. The van der Waals surface area contributed by atoms with E-state index in [1.165, 1.54) is 0 Å². The lowest BCUT2D eigenvalue weighted by Crippen LogP contribution is -2.49. The summed E-state index contributed by atoms with van der Waals surface area (Å²) < 4.78 is 27.7. The molecule has 7 heteroatoms. The summed E-state index contributed by atoms with van der Waals surface area (Å²) in [4.78, 5) is 11.6. The third-order valence-corrected chi connectivity index (χ3v) is 4.91. The second-order valence-corrected chi connectivity index (χ2v) is 7.36. The van der Waals surface area contributed by atoms with Gasteiger partial charge in [-0.2, -0.15) is 0 Å². The number of carbonyl (C=O) groups is 1. The molecule has 2 unspecified atom stereocenters. The fraction of sp³-hybridized carbons (Fsp3) is 0.909. The van der Waals surface area contributed by atoms with Crippen LogP contribution in [0.1, 0.15) is 20.3 Å². The molecule has 1 heterocycles. The molecule has 0 saturated carbocycles. The highest BCUT2D eigenvalue weighted by Crippen LogP contribution is 2.22. The minimum absolute atomic E-state index is 0.0515. The molecule has 1 saturated heterocycles. The number of hydrogen-bond acceptors (Lipinski definition) is 5. The molecule has 2 atom stereocenters. The predicted octanol–water partition coefficient (Wildman–Crippen LogP) is -0.696. The van der Waals surface area contributed by atoms with Crippen LogP contribution in [0.25, 0.3) is 0 Å². The molecule has 106 valence electrons. The summed E-state index contributed by atoms with van der Waals surface area (Å²) >= 11 is 0. The summed E-state index contributed by atoms with van der Waals surface area (Å²) in [6.45, 7) is 4.27. The third kappa shape index (κ3) is 4.91. The Hall–Kier alpha value is -0.660. The first-order valence-corrected chi connectivity index (χ1v) is 7.82. The van der Waals surface area contributed by atoms with E-state index >= 15 is 0 Å². The molecule has 1 rings (SSSR count). The van der Waals surface area contributed by atoms with Gasteiger partial charge in [0.05, 0.1) is 24.7 Å². The Bertz CT molecular complexity index is 396. The summed E-state index contributed by atoms with van der Waals surface area (Å²) in [7, 11) is -1.37. The maximum Gasteiger partial charge on any atom is 0.234 e. The highest BCUT2D eigenvalue weighted by atomic mass is 32.2. The van der Waals surface area contributed by atoms with E-state index in [2.05, 4.69) is 10.6 Å². The van der Waals surface area contributed by atoms with E-state index in [-0.39, 0.29) is 30.0 Å². The van der Waals surface area contributed by atoms with Gasteiger partial charge in [0.2, 0.25) is 5.91 Å². The molecule has 0 spiro atoms. The minimum Gasteiger partial charge on any atom is -0.383 e. The summed E-state index contributed by atoms with van der Waals surface area (Å²) in [6.07, 6.45) is 0.552. The van der Waals surface area contributed by atoms with Gasteiger partial charge in [-0.3, -0.25) is 4.79 Å². The van der Waals surface area contributed by atoms with E-state index in [4.69, 9.17) is 4.74 Å². The van der Waals surface area contributed by atoms with Crippen LogP contribution in [0.15, 0.2) is 0 Å². The van der Waals surface area contributed by atoms with Crippen molar-refractivity contribution in [1.82, 2.24) is 10.6 Å². The van der Waals surface area contributed by atoms with Crippen molar-refractivity contribution in [2.24, 2.45) is 0 Å². The van der Waals surface area contributed by atoms with Crippen LogP contribution in [0, 0.1) is 0 Å². The number of sulfone groups is 1. The van der Waals surface area contributed by atoms with Gasteiger partial charge in [0.15, 0.2) is 9.84 Å². The molecule has 1 aliphatic rings. The molecule has 1 amide bonds. The van der Waals surface area contributed by atoms with Gasteiger partial charge in [-0.05, 0) is 20.3 Å². The van der Waals surface area contributed by atoms with E-state index in [1.54, 1.807) is 7.11 Å². The van der Waals surface area contributed by atoms with Crippen LogP contribution < -0.4 is 10.6 Å². The Balaban J connectivity index is 2.35. The molecule has 18 heavy (non-hydrogen) atoms. The van der Waals surface area contributed by atoms with Crippen molar-refractivity contribution in [3.05, 3.63) is 0 Å². The Kier molecular flexibility index (Phi) is 5.12. The molecular weight excluding hydrogens is 256 g/mol. The molecule has 0 aromatic rings. The second kappa shape index (κ2) is 5.99. The zero-order valence-electron chi connectivity index (χ0n) is 11.2. The van der Waals surface area contributed by atoms with E-state index < -0.39 is 15.4 Å². The first-order valence-electron chi connectivity index (χ1n) is 6.00. The average molecular weight is 278 g/mol. The van der Waals surface area contributed by atoms with Crippen molar-refractivity contribution in [2.75, 3.05) is 31.8 Å². The molecule has 0 radical (unpaired) electrons. The average Bonchev–Trinajstić information content (AvgIpc) is 2.51. The van der Waals surface area contributed by atoms with E-state index in [0.29, 0.717) is 13.0 Å². The van der Waals surface area contributed by atoms with Gasteiger partial charge in [0.25, 0.3) is 0 Å². The lowest BCUT2D eigenvalue weighted by atomic mass is 10.0. The van der Waals surface area contributed by atoms with Crippen molar-refractivity contribution in [3.63, 3.8) is 0 Å². The molecule has 1 aliphatic heterocycles. The molecule has 0 bridgehead atoms. The summed E-state index contributed by atoms with van der Waals surface area (Å²) in [5, 5.41) is 5.80. The van der Waals surface area contributed by atoms with Gasteiger partial charge in [0.1, 0.15) is 0 Å². The Morgan fingerprint density at radius 1 is 1.50 bits per heavy atom. The topological polar surface area (TPSA) is 84.5 Å². The SMILES string of the molecule is COCC(C)NC(=O)CNC1(C)CCS(=O)(=O)C1. The molecule has 0 aromatic carbocycles. The normalized spacial score (nSPS) is 27.9. The summed E-state index contributed by atoms with van der Waals surface area (Å²) in [5.74, 6) is 0.143. The van der Waals surface area contributed by atoms with Crippen LogP contribution >= 0.6 is 0 Å².